The van der Waals surface area contributed by atoms with E-state index in [4.69, 9.17) is 4.74 Å². The van der Waals surface area contributed by atoms with Crippen LogP contribution < -0.4 is 10.2 Å². The Morgan fingerprint density at radius 3 is 2.70 bits per heavy atom. The van der Waals surface area contributed by atoms with Gasteiger partial charge in [-0.15, -0.1) is 0 Å². The van der Waals surface area contributed by atoms with Gasteiger partial charge in [-0.3, -0.25) is 4.79 Å². The van der Waals surface area contributed by atoms with Gasteiger partial charge >= 0.3 is 0 Å². The Bertz CT molecular complexity index is 564. The average molecular weight is 325 g/mol. The summed E-state index contributed by atoms with van der Waals surface area (Å²) in [7, 11) is 1.95. The quantitative estimate of drug-likeness (QED) is 0.900. The van der Waals surface area contributed by atoms with Crippen molar-refractivity contribution >= 4 is 11.6 Å². The van der Waals surface area contributed by atoms with Gasteiger partial charge in [0.1, 0.15) is 23.4 Å². The zero-order chi connectivity index (χ0) is 16.4. The number of nitrogens with one attached hydrogen (secondary N) is 1. The van der Waals surface area contributed by atoms with E-state index in [9.17, 15) is 13.6 Å². The summed E-state index contributed by atoms with van der Waals surface area (Å²) in [6.07, 6.45) is 0.176. The first kappa shape index (κ1) is 16.1. The van der Waals surface area contributed by atoms with Gasteiger partial charge < -0.3 is 19.9 Å². The van der Waals surface area contributed by atoms with Gasteiger partial charge in [-0.25, -0.2) is 8.78 Å². The molecule has 0 spiro atoms. The number of benzene rings is 1. The predicted octanol–water partition coefficient (Wildman–Crippen LogP) is 0.990. The Kier molecular flexibility index (Phi) is 4.77. The van der Waals surface area contributed by atoms with Crippen LogP contribution >= 0.6 is 0 Å². The van der Waals surface area contributed by atoms with Gasteiger partial charge in [0.25, 0.3) is 5.91 Å². The first-order valence-electron chi connectivity index (χ1n) is 7.84. The Balaban J connectivity index is 1.58. The molecule has 1 N–H and O–H groups in total. The van der Waals surface area contributed by atoms with Crippen LogP contribution in [0.25, 0.3) is 0 Å². The van der Waals surface area contributed by atoms with Crippen molar-refractivity contribution < 1.29 is 18.3 Å². The number of carbonyl (C=O) groups is 1. The molecular weight excluding hydrogens is 304 g/mol. The Morgan fingerprint density at radius 2 is 2.00 bits per heavy atom. The highest BCUT2D eigenvalue weighted by Crippen LogP contribution is 2.26. The number of likely N-dealkylation sites (N-methyl/N-ethyl adjacent to an activating group) is 1. The minimum Gasteiger partial charge on any atom is -0.366 e. The molecule has 0 unspecified atom stereocenters. The monoisotopic (exact) mass is 325 g/mol. The number of morpholine rings is 1. The number of ether oxygens (including phenoxy) is 1. The number of nitrogens with zero attached hydrogens (tertiary/aromatic N) is 2. The van der Waals surface area contributed by atoms with E-state index in [0.29, 0.717) is 32.7 Å². The predicted molar refractivity (Wildman–Crippen MR) is 82.4 cm³/mol. The highest BCUT2D eigenvalue weighted by Gasteiger charge is 2.31. The number of halogens is 2. The highest BCUT2D eigenvalue weighted by atomic mass is 19.1. The fourth-order valence-electron chi connectivity index (χ4n) is 3.10. The summed E-state index contributed by atoms with van der Waals surface area (Å²) in [5, 5.41) is 2.93. The molecule has 0 radical (unpaired) electrons. The molecule has 23 heavy (non-hydrogen) atoms. The molecule has 7 heteroatoms. The molecule has 2 aliphatic heterocycles. The molecule has 126 valence electrons. The third kappa shape index (κ3) is 3.61. The van der Waals surface area contributed by atoms with Crippen molar-refractivity contribution in [3.63, 3.8) is 0 Å². The molecule has 0 bridgehead atoms. The molecule has 2 fully saturated rings. The SMILES string of the molecule is CN1CCO[C@H](C(=O)N[C@@H]2CCN(c3c(F)cccc3F)C2)C1. The fourth-order valence-corrected chi connectivity index (χ4v) is 3.10. The maximum absolute atomic E-state index is 13.8. The summed E-state index contributed by atoms with van der Waals surface area (Å²) in [5.74, 6) is -1.30. The van der Waals surface area contributed by atoms with Crippen LogP contribution in [0.5, 0.6) is 0 Å². The van der Waals surface area contributed by atoms with E-state index in [1.54, 1.807) is 4.90 Å². The van der Waals surface area contributed by atoms with E-state index in [-0.39, 0.29) is 17.6 Å². The van der Waals surface area contributed by atoms with E-state index in [0.717, 1.165) is 6.54 Å². The van der Waals surface area contributed by atoms with Gasteiger partial charge in [-0.1, -0.05) is 6.07 Å². The molecule has 0 aromatic heterocycles. The smallest absolute Gasteiger partial charge is 0.250 e. The molecule has 1 aromatic carbocycles. The second kappa shape index (κ2) is 6.80. The third-order valence-electron chi connectivity index (χ3n) is 4.35. The number of hydrogen-bond acceptors (Lipinski definition) is 4. The summed E-state index contributed by atoms with van der Waals surface area (Å²) < 4.78 is 33.1. The largest absolute Gasteiger partial charge is 0.366 e. The van der Waals surface area contributed by atoms with Crippen LogP contribution in [0.3, 0.4) is 0 Å². The Labute approximate surface area is 134 Å². The fraction of sp³-hybridized carbons (Fsp3) is 0.562. The maximum Gasteiger partial charge on any atom is 0.250 e. The van der Waals surface area contributed by atoms with Crippen molar-refractivity contribution in [2.24, 2.45) is 0 Å². The van der Waals surface area contributed by atoms with Crippen molar-refractivity contribution in [3.8, 4) is 0 Å². The molecule has 0 aliphatic carbocycles. The van der Waals surface area contributed by atoms with Gasteiger partial charge in [0.15, 0.2) is 0 Å². The zero-order valence-electron chi connectivity index (χ0n) is 13.1. The topological polar surface area (TPSA) is 44.8 Å². The second-order valence-electron chi connectivity index (χ2n) is 6.13. The van der Waals surface area contributed by atoms with Crippen LogP contribution in [0.4, 0.5) is 14.5 Å². The Hall–Kier alpha value is -1.73. The van der Waals surface area contributed by atoms with E-state index in [1.807, 2.05) is 11.9 Å². The highest BCUT2D eigenvalue weighted by molar-refractivity contribution is 5.81. The molecule has 3 rings (SSSR count). The molecule has 2 saturated heterocycles. The summed E-state index contributed by atoms with van der Waals surface area (Å²) in [6.45, 7) is 2.81. The van der Waals surface area contributed by atoms with Gasteiger partial charge in [0, 0.05) is 32.2 Å². The zero-order valence-corrected chi connectivity index (χ0v) is 13.1. The molecule has 2 aliphatic rings. The third-order valence-corrected chi connectivity index (χ3v) is 4.35. The van der Waals surface area contributed by atoms with Crippen LogP contribution in [-0.4, -0.2) is 62.8 Å². The first-order chi connectivity index (χ1) is 11.0. The van der Waals surface area contributed by atoms with Crippen LogP contribution in [0.15, 0.2) is 18.2 Å². The molecular formula is C16H21F2N3O2. The van der Waals surface area contributed by atoms with Crippen LogP contribution in [0.1, 0.15) is 6.42 Å². The van der Waals surface area contributed by atoms with E-state index in [2.05, 4.69) is 5.32 Å². The summed E-state index contributed by atoms with van der Waals surface area (Å²) in [6, 6.07) is 3.71. The normalized spacial score (nSPS) is 25.6. The number of para-hydroxylation sites is 1. The lowest BCUT2D eigenvalue weighted by Gasteiger charge is -2.30. The number of anilines is 1. The minimum absolute atomic E-state index is 0.0158. The second-order valence-corrected chi connectivity index (χ2v) is 6.13. The van der Waals surface area contributed by atoms with Gasteiger partial charge in [0.05, 0.1) is 6.61 Å². The molecule has 1 aromatic rings. The number of amides is 1. The number of carbonyl (C=O) groups excluding carboxylic acids is 1. The van der Waals surface area contributed by atoms with E-state index >= 15 is 0 Å². The number of rotatable bonds is 3. The average Bonchev–Trinajstić information content (AvgIpc) is 2.95. The summed E-state index contributed by atoms with van der Waals surface area (Å²) in [4.78, 5) is 15.9. The van der Waals surface area contributed by atoms with E-state index in [1.165, 1.54) is 18.2 Å². The molecule has 0 saturated carbocycles. The van der Waals surface area contributed by atoms with Gasteiger partial charge in [-0.05, 0) is 25.6 Å². The van der Waals surface area contributed by atoms with Gasteiger partial charge in [-0.2, -0.15) is 0 Å². The Morgan fingerprint density at radius 1 is 1.26 bits per heavy atom. The molecule has 2 heterocycles. The summed E-state index contributed by atoms with van der Waals surface area (Å²) >= 11 is 0. The van der Waals surface area contributed by atoms with Crippen molar-refractivity contribution in [2.75, 3.05) is 44.7 Å². The lowest BCUT2D eigenvalue weighted by atomic mass is 10.2. The van der Waals surface area contributed by atoms with Crippen molar-refractivity contribution in [3.05, 3.63) is 29.8 Å². The molecule has 1 amide bonds. The minimum atomic E-state index is -0.575. The molecule has 5 nitrogen and oxygen atoms in total. The van der Waals surface area contributed by atoms with Crippen LogP contribution in [0.2, 0.25) is 0 Å². The van der Waals surface area contributed by atoms with Crippen molar-refractivity contribution in [2.45, 2.75) is 18.6 Å². The molecule has 2 atom stereocenters. The van der Waals surface area contributed by atoms with Crippen molar-refractivity contribution in [1.82, 2.24) is 10.2 Å². The number of hydrogen-bond donors (Lipinski definition) is 1. The standard InChI is InChI=1S/C16H21F2N3O2/c1-20-7-8-23-14(10-20)16(22)19-11-5-6-21(9-11)15-12(17)3-2-4-13(15)18/h2-4,11,14H,5-10H2,1H3,(H,19,22)/t11-,14+/m1/s1. The summed E-state index contributed by atoms with van der Waals surface area (Å²) in [5.41, 5.74) is -0.0158. The lowest BCUT2D eigenvalue weighted by molar-refractivity contribution is -0.138. The van der Waals surface area contributed by atoms with Gasteiger partial charge in [0.2, 0.25) is 0 Å². The van der Waals surface area contributed by atoms with Crippen molar-refractivity contribution in [1.29, 1.82) is 0 Å². The lowest BCUT2D eigenvalue weighted by Crippen LogP contribution is -2.51. The van der Waals surface area contributed by atoms with Crippen LogP contribution in [-0.2, 0) is 9.53 Å². The van der Waals surface area contributed by atoms with Crippen LogP contribution in [0, 0.1) is 11.6 Å². The van der Waals surface area contributed by atoms with E-state index < -0.39 is 17.7 Å². The maximum atomic E-state index is 13.8. The first-order valence-corrected chi connectivity index (χ1v) is 7.84.